The molecular weight excluding hydrogens is 336 g/mol. The molecule has 3 nitrogen and oxygen atoms in total. The molecule has 0 heterocycles. The number of aryl methyl sites for hydroxylation is 1. The van der Waals surface area contributed by atoms with Crippen molar-refractivity contribution in [2.75, 3.05) is 6.54 Å². The molecule has 2 aromatic rings. The van der Waals surface area contributed by atoms with Crippen molar-refractivity contribution >= 4 is 5.78 Å². The minimum absolute atomic E-state index is 0.369. The zero-order valence-corrected chi connectivity index (χ0v) is 15.1. The topological polar surface area (TPSA) is 49.3 Å². The zero-order chi connectivity index (χ0) is 19.2. The van der Waals surface area contributed by atoms with Crippen molar-refractivity contribution in [2.45, 2.75) is 44.8 Å². The molecule has 0 aromatic heterocycles. The van der Waals surface area contributed by atoms with Gasteiger partial charge < -0.3 is 10.4 Å². The van der Waals surface area contributed by atoms with Crippen molar-refractivity contribution in [3.63, 3.8) is 0 Å². The number of halogens is 2. The van der Waals surface area contributed by atoms with Gasteiger partial charge >= 0.3 is 0 Å². The molecule has 0 bridgehead atoms. The molecule has 2 unspecified atom stereocenters. The Morgan fingerprint density at radius 2 is 1.65 bits per heavy atom. The number of benzene rings is 2. The third-order valence-corrected chi connectivity index (χ3v) is 4.48. The smallest absolute Gasteiger partial charge is 0.268 e. The molecule has 0 saturated carbocycles. The van der Waals surface area contributed by atoms with Gasteiger partial charge in [-0.15, -0.1) is 0 Å². The molecule has 0 aliphatic carbocycles. The van der Waals surface area contributed by atoms with Gasteiger partial charge in [-0.1, -0.05) is 54.6 Å². The summed E-state index contributed by atoms with van der Waals surface area (Å²) < 4.78 is 25.9. The summed E-state index contributed by atoms with van der Waals surface area (Å²) in [6.07, 6.45) is -1.56. The highest BCUT2D eigenvalue weighted by atomic mass is 19.3. The van der Waals surface area contributed by atoms with Crippen LogP contribution in [0, 0.1) is 0 Å². The molecule has 0 aliphatic rings. The van der Waals surface area contributed by atoms with E-state index in [9.17, 15) is 18.7 Å². The lowest BCUT2D eigenvalue weighted by atomic mass is 9.93. The predicted octanol–water partition coefficient (Wildman–Crippen LogP) is 3.85. The first-order chi connectivity index (χ1) is 12.3. The second-order valence-corrected chi connectivity index (χ2v) is 6.69. The molecule has 0 amide bonds. The number of hydrogen-bond donors (Lipinski definition) is 2. The van der Waals surface area contributed by atoms with E-state index in [1.165, 1.54) is 6.92 Å². The number of carbonyl (C=O) groups is 1. The maximum absolute atomic E-state index is 12.9. The van der Waals surface area contributed by atoms with Crippen LogP contribution in [0.15, 0.2) is 54.6 Å². The lowest BCUT2D eigenvalue weighted by molar-refractivity contribution is -0.139. The minimum atomic E-state index is -2.99. The van der Waals surface area contributed by atoms with Gasteiger partial charge in [0, 0.05) is 0 Å². The second-order valence-electron chi connectivity index (χ2n) is 6.69. The third-order valence-electron chi connectivity index (χ3n) is 4.48. The van der Waals surface area contributed by atoms with Crippen molar-refractivity contribution in [2.24, 2.45) is 0 Å². The van der Waals surface area contributed by atoms with E-state index in [4.69, 9.17) is 0 Å². The van der Waals surface area contributed by atoms with Crippen molar-refractivity contribution < 1.29 is 18.7 Å². The quantitative estimate of drug-likeness (QED) is 0.667. The van der Waals surface area contributed by atoms with Crippen LogP contribution < -0.4 is 5.32 Å². The molecule has 0 aliphatic heterocycles. The molecule has 2 atom stereocenters. The molecule has 0 spiro atoms. The van der Waals surface area contributed by atoms with Gasteiger partial charge in [-0.25, -0.2) is 8.78 Å². The lowest BCUT2D eigenvalue weighted by Crippen LogP contribution is -2.57. The maximum Gasteiger partial charge on any atom is 0.268 e. The number of Topliss-reactive ketones (excluding diaryl/α,β-unsaturated/α-hetero) is 1. The third kappa shape index (κ3) is 5.19. The van der Waals surface area contributed by atoms with Crippen molar-refractivity contribution in [1.29, 1.82) is 0 Å². The SMILES string of the molecule is CC(=O)C(NCCCc1ccc(-c2ccccc2)cc1)C(C)(O)C(F)F. The molecule has 2 N–H and O–H groups in total. The predicted molar refractivity (Wildman–Crippen MR) is 99.3 cm³/mol. The number of rotatable bonds is 9. The van der Waals surface area contributed by atoms with E-state index in [0.29, 0.717) is 13.0 Å². The van der Waals surface area contributed by atoms with Crippen LogP contribution in [-0.4, -0.2) is 35.5 Å². The van der Waals surface area contributed by atoms with Crippen molar-refractivity contribution in [3.8, 4) is 11.1 Å². The highest BCUT2D eigenvalue weighted by molar-refractivity contribution is 5.82. The largest absolute Gasteiger partial charge is 0.382 e. The van der Waals surface area contributed by atoms with Gasteiger partial charge in [0.1, 0.15) is 17.4 Å². The summed E-state index contributed by atoms with van der Waals surface area (Å²) in [7, 11) is 0. The first kappa shape index (κ1) is 20.2. The van der Waals surface area contributed by atoms with Gasteiger partial charge in [-0.2, -0.15) is 0 Å². The zero-order valence-electron chi connectivity index (χ0n) is 15.1. The van der Waals surface area contributed by atoms with E-state index in [0.717, 1.165) is 30.0 Å². The van der Waals surface area contributed by atoms with Gasteiger partial charge in [0.05, 0.1) is 0 Å². The summed E-state index contributed by atoms with van der Waals surface area (Å²) in [6.45, 7) is 2.56. The Balaban J connectivity index is 1.86. The first-order valence-electron chi connectivity index (χ1n) is 8.71. The normalized spacial score (nSPS) is 14.8. The first-order valence-corrected chi connectivity index (χ1v) is 8.71. The van der Waals surface area contributed by atoms with Crippen LogP contribution in [0.5, 0.6) is 0 Å². The Kier molecular flexibility index (Phi) is 7.00. The average molecular weight is 361 g/mol. The molecule has 26 heavy (non-hydrogen) atoms. The standard InChI is InChI=1S/C21H25F2NO2/c1-15(25)19(21(2,26)20(22)23)24-14-6-7-16-10-12-18(13-11-16)17-8-4-3-5-9-17/h3-5,8-13,19-20,24,26H,6-7,14H2,1-2H3. The molecular formula is C21H25F2NO2. The summed E-state index contributed by atoms with van der Waals surface area (Å²) >= 11 is 0. The highest BCUT2D eigenvalue weighted by Gasteiger charge is 2.43. The average Bonchev–Trinajstić information content (AvgIpc) is 2.62. The molecule has 0 fully saturated rings. The van der Waals surface area contributed by atoms with E-state index < -0.39 is 23.9 Å². The van der Waals surface area contributed by atoms with E-state index in [1.807, 2.05) is 30.3 Å². The van der Waals surface area contributed by atoms with Crippen molar-refractivity contribution in [3.05, 3.63) is 60.2 Å². The molecule has 2 aromatic carbocycles. The molecule has 2 rings (SSSR count). The van der Waals surface area contributed by atoms with Crippen LogP contribution in [0.3, 0.4) is 0 Å². The van der Waals surface area contributed by atoms with Crippen LogP contribution in [0.4, 0.5) is 8.78 Å². The number of ketones is 1. The Hall–Kier alpha value is -2.11. The van der Waals surface area contributed by atoms with E-state index >= 15 is 0 Å². The molecule has 0 radical (unpaired) electrons. The van der Waals surface area contributed by atoms with Gasteiger partial charge in [-0.05, 0) is 49.9 Å². The molecule has 140 valence electrons. The second kappa shape index (κ2) is 9.01. The summed E-state index contributed by atoms with van der Waals surface area (Å²) in [4.78, 5) is 11.6. The van der Waals surface area contributed by atoms with Gasteiger partial charge in [0.2, 0.25) is 0 Å². The van der Waals surface area contributed by atoms with Crippen LogP contribution in [0.25, 0.3) is 11.1 Å². The summed E-state index contributed by atoms with van der Waals surface area (Å²) in [5, 5.41) is 12.6. The van der Waals surface area contributed by atoms with Gasteiger partial charge in [0.25, 0.3) is 6.43 Å². The Morgan fingerprint density at radius 1 is 1.08 bits per heavy atom. The fourth-order valence-corrected chi connectivity index (χ4v) is 2.92. The Bertz CT molecular complexity index is 700. The van der Waals surface area contributed by atoms with E-state index in [1.54, 1.807) is 0 Å². The highest BCUT2D eigenvalue weighted by Crippen LogP contribution is 2.21. The minimum Gasteiger partial charge on any atom is -0.382 e. The Morgan fingerprint density at radius 3 is 2.19 bits per heavy atom. The summed E-state index contributed by atoms with van der Waals surface area (Å²) in [6, 6.07) is 17.0. The lowest BCUT2D eigenvalue weighted by Gasteiger charge is -2.31. The van der Waals surface area contributed by atoms with Crippen LogP contribution >= 0.6 is 0 Å². The fraction of sp³-hybridized carbons (Fsp3) is 0.381. The fourth-order valence-electron chi connectivity index (χ4n) is 2.92. The maximum atomic E-state index is 12.9. The number of hydrogen-bond acceptors (Lipinski definition) is 3. The van der Waals surface area contributed by atoms with Crippen LogP contribution in [0.2, 0.25) is 0 Å². The Labute approximate surface area is 153 Å². The monoisotopic (exact) mass is 361 g/mol. The van der Waals surface area contributed by atoms with E-state index in [-0.39, 0.29) is 0 Å². The van der Waals surface area contributed by atoms with E-state index in [2.05, 4.69) is 29.6 Å². The summed E-state index contributed by atoms with van der Waals surface area (Å²) in [5.41, 5.74) is 1.05. The molecule has 5 heteroatoms. The summed E-state index contributed by atoms with van der Waals surface area (Å²) in [5.74, 6) is -0.498. The molecule has 0 saturated heterocycles. The van der Waals surface area contributed by atoms with Gasteiger partial charge in [-0.3, -0.25) is 4.79 Å². The van der Waals surface area contributed by atoms with Crippen LogP contribution in [0.1, 0.15) is 25.8 Å². The number of alkyl halides is 2. The van der Waals surface area contributed by atoms with Gasteiger partial charge in [0.15, 0.2) is 0 Å². The number of aliphatic hydroxyl groups is 1. The number of nitrogens with one attached hydrogen (secondary N) is 1. The van der Waals surface area contributed by atoms with Crippen LogP contribution in [-0.2, 0) is 11.2 Å². The van der Waals surface area contributed by atoms with Crippen molar-refractivity contribution in [1.82, 2.24) is 5.32 Å². The number of carbonyl (C=O) groups excluding carboxylic acids is 1.